The van der Waals surface area contributed by atoms with Crippen molar-refractivity contribution in [2.45, 2.75) is 19.9 Å². The number of nitrogens with zero attached hydrogens (tertiary/aromatic N) is 5. The fraction of sp³-hybridized carbons (Fsp3) is 0.211. The highest BCUT2D eigenvalue weighted by atomic mass is 79.9. The van der Waals surface area contributed by atoms with Crippen LogP contribution in [0.4, 0.5) is 23.5 Å². The van der Waals surface area contributed by atoms with Gasteiger partial charge < -0.3 is 15.5 Å². The molecule has 2 N–H and O–H groups in total. The van der Waals surface area contributed by atoms with E-state index in [9.17, 15) is 4.79 Å². The highest BCUT2D eigenvalue weighted by Crippen LogP contribution is 2.25. The molecule has 0 bridgehead atoms. The zero-order valence-corrected chi connectivity index (χ0v) is 16.8. The largest absolute Gasteiger partial charge is 0.336 e. The molecular formula is C19H18BrN7O. The summed E-state index contributed by atoms with van der Waals surface area (Å²) >= 11 is 3.53. The molecule has 0 fully saturated rings. The van der Waals surface area contributed by atoms with Gasteiger partial charge in [0.25, 0.3) is 0 Å². The number of fused-ring (bicyclic) bond motifs is 1. The number of hydrogen-bond acceptors (Lipinski definition) is 7. The summed E-state index contributed by atoms with van der Waals surface area (Å²) in [6, 6.07) is 11.6. The number of halogens is 1. The van der Waals surface area contributed by atoms with Crippen LogP contribution in [0.25, 0.3) is 0 Å². The normalized spacial score (nSPS) is 13.0. The van der Waals surface area contributed by atoms with Crippen LogP contribution in [0.2, 0.25) is 0 Å². The van der Waals surface area contributed by atoms with Gasteiger partial charge in [0, 0.05) is 24.5 Å². The van der Waals surface area contributed by atoms with E-state index in [1.165, 1.54) is 24.4 Å². The third kappa shape index (κ3) is 4.25. The Morgan fingerprint density at radius 1 is 1.11 bits per heavy atom. The lowest BCUT2D eigenvalue weighted by molar-refractivity contribution is -0.114. The molecule has 8 nitrogen and oxygen atoms in total. The van der Waals surface area contributed by atoms with Crippen molar-refractivity contribution in [2.75, 3.05) is 22.1 Å². The molecule has 4 rings (SSSR count). The molecule has 142 valence electrons. The highest BCUT2D eigenvalue weighted by Gasteiger charge is 2.19. The summed E-state index contributed by atoms with van der Waals surface area (Å²) in [7, 11) is 0. The van der Waals surface area contributed by atoms with Gasteiger partial charge in [-0.15, -0.1) is 0 Å². The maximum absolute atomic E-state index is 11.2. The number of benzene rings is 1. The SMILES string of the molecule is CC(=O)Nc1cccc(Nc2ncnc(N3CCc4cc(Br)ccc4C3)n2)n1. The van der Waals surface area contributed by atoms with E-state index >= 15 is 0 Å². The quantitative estimate of drug-likeness (QED) is 0.643. The van der Waals surface area contributed by atoms with E-state index in [0.717, 1.165) is 24.0 Å². The number of aromatic nitrogens is 4. The summed E-state index contributed by atoms with van der Waals surface area (Å²) < 4.78 is 1.10. The zero-order valence-electron chi connectivity index (χ0n) is 15.2. The van der Waals surface area contributed by atoms with Gasteiger partial charge in [-0.05, 0) is 41.8 Å². The second-order valence-corrected chi connectivity index (χ2v) is 7.32. The molecule has 28 heavy (non-hydrogen) atoms. The number of rotatable bonds is 4. The summed E-state index contributed by atoms with van der Waals surface area (Å²) in [4.78, 5) is 30.7. The maximum Gasteiger partial charge on any atom is 0.233 e. The molecule has 0 radical (unpaired) electrons. The Bertz CT molecular complexity index is 1030. The third-order valence-corrected chi connectivity index (χ3v) is 4.81. The van der Waals surface area contributed by atoms with Crippen molar-refractivity contribution in [1.82, 2.24) is 19.9 Å². The van der Waals surface area contributed by atoms with Crippen LogP contribution in [0, 0.1) is 0 Å². The van der Waals surface area contributed by atoms with Gasteiger partial charge in [-0.25, -0.2) is 15.0 Å². The molecule has 1 aliphatic heterocycles. The molecule has 1 amide bonds. The highest BCUT2D eigenvalue weighted by molar-refractivity contribution is 9.10. The number of nitrogens with one attached hydrogen (secondary N) is 2. The van der Waals surface area contributed by atoms with Gasteiger partial charge in [-0.3, -0.25) is 4.79 Å². The number of carbonyl (C=O) groups excluding carboxylic acids is 1. The lowest BCUT2D eigenvalue weighted by Gasteiger charge is -2.29. The van der Waals surface area contributed by atoms with Crippen LogP contribution in [-0.4, -0.2) is 32.4 Å². The van der Waals surface area contributed by atoms with E-state index in [1.807, 2.05) is 0 Å². The van der Waals surface area contributed by atoms with Crippen LogP contribution in [-0.2, 0) is 17.8 Å². The first kappa shape index (κ1) is 18.3. The zero-order chi connectivity index (χ0) is 19.5. The molecule has 1 aliphatic rings. The molecular weight excluding hydrogens is 422 g/mol. The molecule has 0 saturated carbocycles. The van der Waals surface area contributed by atoms with Crippen molar-refractivity contribution in [3.05, 3.63) is 58.3 Å². The third-order valence-electron chi connectivity index (χ3n) is 4.32. The van der Waals surface area contributed by atoms with Crippen LogP contribution in [0.5, 0.6) is 0 Å². The van der Waals surface area contributed by atoms with Crippen LogP contribution in [0.3, 0.4) is 0 Å². The number of hydrogen-bond donors (Lipinski definition) is 2. The molecule has 0 aliphatic carbocycles. The van der Waals surface area contributed by atoms with Gasteiger partial charge in [-0.1, -0.05) is 28.1 Å². The van der Waals surface area contributed by atoms with Crippen molar-refractivity contribution in [1.29, 1.82) is 0 Å². The first-order chi connectivity index (χ1) is 13.6. The number of amides is 1. The minimum atomic E-state index is -0.176. The van der Waals surface area contributed by atoms with E-state index in [-0.39, 0.29) is 5.91 Å². The lowest BCUT2D eigenvalue weighted by Crippen LogP contribution is -2.32. The second kappa shape index (κ2) is 7.89. The van der Waals surface area contributed by atoms with Crippen LogP contribution in [0.1, 0.15) is 18.1 Å². The Balaban J connectivity index is 1.51. The van der Waals surface area contributed by atoms with Crippen molar-refractivity contribution >= 4 is 45.4 Å². The number of carbonyl (C=O) groups is 1. The van der Waals surface area contributed by atoms with Gasteiger partial charge in [0.05, 0.1) is 0 Å². The molecule has 3 heterocycles. The Morgan fingerprint density at radius 3 is 2.82 bits per heavy atom. The van der Waals surface area contributed by atoms with Crippen molar-refractivity contribution in [3.63, 3.8) is 0 Å². The van der Waals surface area contributed by atoms with Crippen LogP contribution >= 0.6 is 15.9 Å². The standard InChI is InChI=1S/C19H18BrN7O/c1-12(28)23-16-3-2-4-17(24-16)25-18-21-11-22-19(26-18)27-8-7-13-9-15(20)6-5-14(13)10-27/h2-6,9,11H,7-8,10H2,1H3,(H2,21,22,23,24,25,26,28). The average Bonchev–Trinajstić information content (AvgIpc) is 2.67. The molecule has 1 aromatic carbocycles. The number of pyridine rings is 1. The summed E-state index contributed by atoms with van der Waals surface area (Å²) in [5.74, 6) is 1.84. The van der Waals surface area contributed by atoms with Crippen molar-refractivity contribution < 1.29 is 4.79 Å². The van der Waals surface area contributed by atoms with E-state index in [1.54, 1.807) is 18.2 Å². The van der Waals surface area contributed by atoms with E-state index < -0.39 is 0 Å². The topological polar surface area (TPSA) is 95.9 Å². The maximum atomic E-state index is 11.2. The number of anilines is 4. The first-order valence-electron chi connectivity index (χ1n) is 8.80. The minimum absolute atomic E-state index is 0.176. The molecule has 3 aromatic rings. The molecule has 0 saturated heterocycles. The van der Waals surface area contributed by atoms with Crippen molar-refractivity contribution in [2.24, 2.45) is 0 Å². The predicted octanol–water partition coefficient (Wildman–Crippen LogP) is 3.29. The van der Waals surface area contributed by atoms with Gasteiger partial charge in [0.15, 0.2) is 0 Å². The lowest BCUT2D eigenvalue weighted by atomic mass is 10.0. The Labute approximate surface area is 170 Å². The molecule has 0 unspecified atom stereocenters. The molecule has 2 aromatic heterocycles. The van der Waals surface area contributed by atoms with Gasteiger partial charge in [0.2, 0.25) is 17.8 Å². The minimum Gasteiger partial charge on any atom is -0.336 e. The fourth-order valence-corrected chi connectivity index (χ4v) is 3.47. The van der Waals surface area contributed by atoms with E-state index in [0.29, 0.717) is 23.5 Å². The molecule has 0 atom stereocenters. The monoisotopic (exact) mass is 439 g/mol. The second-order valence-electron chi connectivity index (χ2n) is 6.41. The first-order valence-corrected chi connectivity index (χ1v) is 9.59. The Morgan fingerprint density at radius 2 is 1.96 bits per heavy atom. The van der Waals surface area contributed by atoms with Gasteiger partial charge in [0.1, 0.15) is 18.0 Å². The fourth-order valence-electron chi connectivity index (χ4n) is 3.06. The average molecular weight is 440 g/mol. The summed E-state index contributed by atoms with van der Waals surface area (Å²) in [6.45, 7) is 3.03. The van der Waals surface area contributed by atoms with Crippen LogP contribution < -0.4 is 15.5 Å². The molecule has 0 spiro atoms. The smallest absolute Gasteiger partial charge is 0.233 e. The van der Waals surface area contributed by atoms with E-state index in [2.05, 4.69) is 69.6 Å². The Kier molecular flexibility index (Phi) is 5.16. The van der Waals surface area contributed by atoms with Gasteiger partial charge >= 0.3 is 0 Å². The van der Waals surface area contributed by atoms with E-state index in [4.69, 9.17) is 0 Å². The summed E-state index contributed by atoms with van der Waals surface area (Å²) in [6.07, 6.45) is 2.42. The summed E-state index contributed by atoms with van der Waals surface area (Å²) in [5.41, 5.74) is 2.62. The van der Waals surface area contributed by atoms with Gasteiger partial charge in [-0.2, -0.15) is 4.98 Å². The van der Waals surface area contributed by atoms with Crippen molar-refractivity contribution in [3.8, 4) is 0 Å². The summed E-state index contributed by atoms with van der Waals surface area (Å²) in [5, 5.41) is 5.72. The van der Waals surface area contributed by atoms with Crippen LogP contribution in [0.15, 0.2) is 47.2 Å². The molecule has 9 heteroatoms. The Hall–Kier alpha value is -3.07. The predicted molar refractivity (Wildman–Crippen MR) is 111 cm³/mol.